The predicted molar refractivity (Wildman–Crippen MR) is 79.9 cm³/mol. The van der Waals surface area contributed by atoms with Gasteiger partial charge in [0, 0.05) is 30.8 Å². The molecule has 0 aliphatic carbocycles. The molecular formula is C15H21N3O2. The number of phenolic OH excluding ortho intramolecular Hbond substituents is 2. The van der Waals surface area contributed by atoms with Crippen molar-refractivity contribution in [2.24, 2.45) is 17.2 Å². The molecule has 108 valence electrons. The van der Waals surface area contributed by atoms with E-state index >= 15 is 0 Å². The maximum atomic E-state index is 9.61. The van der Waals surface area contributed by atoms with E-state index in [0.29, 0.717) is 36.5 Å². The van der Waals surface area contributed by atoms with E-state index in [9.17, 15) is 5.11 Å². The van der Waals surface area contributed by atoms with Crippen LogP contribution in [0.4, 0.5) is 0 Å². The first-order chi connectivity index (χ1) is 9.62. The molecule has 0 aliphatic heterocycles. The van der Waals surface area contributed by atoms with Gasteiger partial charge in [0.15, 0.2) is 0 Å². The van der Waals surface area contributed by atoms with Gasteiger partial charge in [-0.1, -0.05) is 18.2 Å². The molecule has 0 atom stereocenters. The van der Waals surface area contributed by atoms with Crippen LogP contribution in [0.5, 0.6) is 11.5 Å². The van der Waals surface area contributed by atoms with Crippen molar-refractivity contribution in [3.05, 3.63) is 59.2 Å². The Morgan fingerprint density at radius 1 is 0.750 bits per heavy atom. The smallest absolute Gasteiger partial charge is 0.124 e. The topological polar surface area (TPSA) is 119 Å². The Labute approximate surface area is 118 Å². The lowest BCUT2D eigenvalue weighted by atomic mass is 10.0. The van der Waals surface area contributed by atoms with Gasteiger partial charge < -0.3 is 27.4 Å². The van der Waals surface area contributed by atoms with Crippen LogP contribution in [0.15, 0.2) is 42.5 Å². The number of hydrogen-bond donors (Lipinski definition) is 5. The van der Waals surface area contributed by atoms with E-state index in [0.717, 1.165) is 5.56 Å². The number of phenols is 2. The molecule has 5 nitrogen and oxygen atoms in total. The minimum Gasteiger partial charge on any atom is -0.508 e. The minimum atomic E-state index is 0.196. The molecule has 20 heavy (non-hydrogen) atoms. The van der Waals surface area contributed by atoms with Crippen LogP contribution in [0.3, 0.4) is 0 Å². The van der Waals surface area contributed by atoms with Crippen LogP contribution < -0.4 is 17.2 Å². The van der Waals surface area contributed by atoms with Crippen molar-refractivity contribution < 1.29 is 10.2 Å². The summed E-state index contributed by atoms with van der Waals surface area (Å²) in [4.78, 5) is 0. The Bertz CT molecular complexity index is 505. The summed E-state index contributed by atoms with van der Waals surface area (Å²) in [6.07, 6.45) is 0. The third-order valence-corrected chi connectivity index (χ3v) is 2.76. The molecule has 2 aromatic rings. The van der Waals surface area contributed by atoms with Crippen molar-refractivity contribution >= 4 is 0 Å². The first kappa shape index (κ1) is 16.0. The number of hydrogen-bond acceptors (Lipinski definition) is 5. The molecule has 0 fully saturated rings. The van der Waals surface area contributed by atoms with Crippen molar-refractivity contribution in [3.8, 4) is 11.5 Å². The second kappa shape index (κ2) is 8.16. The van der Waals surface area contributed by atoms with Crippen LogP contribution in [0.2, 0.25) is 0 Å². The van der Waals surface area contributed by atoms with Crippen LogP contribution in [0.1, 0.15) is 16.7 Å². The Morgan fingerprint density at radius 3 is 1.55 bits per heavy atom. The van der Waals surface area contributed by atoms with Gasteiger partial charge in [-0.05, 0) is 29.8 Å². The fraction of sp³-hybridized carbons (Fsp3) is 0.200. The lowest BCUT2D eigenvalue weighted by molar-refractivity contribution is 0.461. The SMILES string of the molecule is NCc1cc(CN)c(O)c(CN)c1.Oc1ccccc1. The lowest BCUT2D eigenvalue weighted by Crippen LogP contribution is -2.06. The minimum absolute atomic E-state index is 0.196. The normalized spacial score (nSPS) is 9.75. The highest BCUT2D eigenvalue weighted by atomic mass is 16.3. The zero-order valence-corrected chi connectivity index (χ0v) is 11.3. The van der Waals surface area contributed by atoms with Crippen molar-refractivity contribution in [1.29, 1.82) is 0 Å². The van der Waals surface area contributed by atoms with Crippen molar-refractivity contribution in [3.63, 3.8) is 0 Å². The Hall–Kier alpha value is -2.08. The summed E-state index contributed by atoms with van der Waals surface area (Å²) in [5.74, 6) is 0.518. The molecule has 0 aromatic heterocycles. The molecule has 0 amide bonds. The standard InChI is InChI=1S/C9H15N3O.C6H6O/c10-3-6-1-7(4-11)9(13)8(2-6)5-12;7-6-4-2-1-3-5-6/h1-2,13H,3-5,10-12H2;1-5,7H. The van der Waals surface area contributed by atoms with Crippen LogP contribution in [0.25, 0.3) is 0 Å². The summed E-state index contributed by atoms with van der Waals surface area (Å²) in [7, 11) is 0. The number of para-hydroxylation sites is 1. The Morgan fingerprint density at radius 2 is 1.25 bits per heavy atom. The van der Waals surface area contributed by atoms with Crippen LogP contribution >= 0.6 is 0 Å². The number of benzene rings is 2. The van der Waals surface area contributed by atoms with Crippen LogP contribution in [-0.4, -0.2) is 10.2 Å². The van der Waals surface area contributed by atoms with Gasteiger partial charge in [-0.3, -0.25) is 0 Å². The highest BCUT2D eigenvalue weighted by Gasteiger charge is 2.06. The Kier molecular flexibility index (Phi) is 6.52. The maximum absolute atomic E-state index is 9.61. The van der Waals surface area contributed by atoms with Crippen molar-refractivity contribution in [2.45, 2.75) is 19.6 Å². The second-order valence-corrected chi connectivity index (χ2v) is 4.21. The molecular weight excluding hydrogens is 254 g/mol. The first-order valence-corrected chi connectivity index (χ1v) is 6.30. The fourth-order valence-electron chi connectivity index (χ4n) is 1.69. The number of aromatic hydroxyl groups is 2. The van der Waals surface area contributed by atoms with E-state index < -0.39 is 0 Å². The number of nitrogens with two attached hydrogens (primary N) is 3. The van der Waals surface area contributed by atoms with Crippen molar-refractivity contribution in [2.75, 3.05) is 0 Å². The predicted octanol–water partition coefficient (Wildman–Crippen LogP) is 1.16. The fourth-order valence-corrected chi connectivity index (χ4v) is 1.69. The van der Waals surface area contributed by atoms with E-state index in [4.69, 9.17) is 22.3 Å². The van der Waals surface area contributed by atoms with Gasteiger partial charge in [0.1, 0.15) is 11.5 Å². The summed E-state index contributed by atoms with van der Waals surface area (Å²) in [6.45, 7) is 1.03. The highest BCUT2D eigenvalue weighted by Crippen LogP contribution is 2.23. The average molecular weight is 275 g/mol. The van der Waals surface area contributed by atoms with Gasteiger partial charge in [0.25, 0.3) is 0 Å². The van der Waals surface area contributed by atoms with E-state index in [2.05, 4.69) is 0 Å². The highest BCUT2D eigenvalue weighted by molar-refractivity contribution is 5.43. The third-order valence-electron chi connectivity index (χ3n) is 2.76. The largest absolute Gasteiger partial charge is 0.508 e. The van der Waals surface area contributed by atoms with Gasteiger partial charge in [0.05, 0.1) is 0 Å². The van der Waals surface area contributed by atoms with Gasteiger partial charge in [-0.25, -0.2) is 0 Å². The molecule has 2 aromatic carbocycles. The van der Waals surface area contributed by atoms with E-state index in [1.165, 1.54) is 0 Å². The lowest BCUT2D eigenvalue weighted by Gasteiger charge is -2.09. The molecule has 0 bridgehead atoms. The average Bonchev–Trinajstić information content (AvgIpc) is 2.49. The first-order valence-electron chi connectivity index (χ1n) is 6.30. The van der Waals surface area contributed by atoms with Gasteiger partial charge >= 0.3 is 0 Å². The summed E-state index contributed by atoms with van der Waals surface area (Å²) in [5, 5.41) is 18.2. The molecule has 0 aliphatic rings. The third kappa shape index (κ3) is 4.55. The van der Waals surface area contributed by atoms with Gasteiger partial charge in [0.2, 0.25) is 0 Å². The molecule has 0 saturated carbocycles. The second-order valence-electron chi connectivity index (χ2n) is 4.21. The summed E-state index contributed by atoms with van der Waals surface area (Å²) in [5.41, 5.74) is 18.7. The summed E-state index contributed by atoms with van der Waals surface area (Å²) >= 11 is 0. The van der Waals surface area contributed by atoms with Gasteiger partial charge in [-0.15, -0.1) is 0 Å². The maximum Gasteiger partial charge on any atom is 0.124 e. The van der Waals surface area contributed by atoms with Crippen molar-refractivity contribution in [1.82, 2.24) is 0 Å². The van der Waals surface area contributed by atoms with Crippen LogP contribution in [-0.2, 0) is 19.6 Å². The molecule has 0 spiro atoms. The van der Waals surface area contributed by atoms with E-state index in [1.54, 1.807) is 36.4 Å². The zero-order valence-electron chi connectivity index (χ0n) is 11.3. The van der Waals surface area contributed by atoms with Crippen LogP contribution in [0, 0.1) is 0 Å². The summed E-state index contributed by atoms with van der Waals surface area (Å²) in [6, 6.07) is 12.3. The molecule has 0 saturated heterocycles. The molecule has 8 N–H and O–H groups in total. The Balaban J connectivity index is 0.000000240. The molecule has 0 unspecified atom stereocenters. The molecule has 5 heteroatoms. The van der Waals surface area contributed by atoms with E-state index in [1.807, 2.05) is 6.07 Å². The zero-order chi connectivity index (χ0) is 15.0. The number of rotatable bonds is 3. The van der Waals surface area contributed by atoms with E-state index in [-0.39, 0.29) is 5.75 Å². The monoisotopic (exact) mass is 275 g/mol. The molecule has 0 heterocycles. The summed E-state index contributed by atoms with van der Waals surface area (Å²) < 4.78 is 0. The quantitative estimate of drug-likeness (QED) is 0.576. The molecule has 0 radical (unpaired) electrons. The molecule has 2 rings (SSSR count). The van der Waals surface area contributed by atoms with Gasteiger partial charge in [-0.2, -0.15) is 0 Å².